The molecule has 5 rings (SSSR count). The summed E-state index contributed by atoms with van der Waals surface area (Å²) in [5.41, 5.74) is 4.42. The normalized spacial score (nSPS) is 14.3. The van der Waals surface area contributed by atoms with Gasteiger partial charge in [0.15, 0.2) is 0 Å². The van der Waals surface area contributed by atoms with Crippen molar-refractivity contribution in [2.75, 3.05) is 24.6 Å². The van der Waals surface area contributed by atoms with E-state index in [2.05, 4.69) is 44.4 Å². The van der Waals surface area contributed by atoms with Crippen molar-refractivity contribution in [3.8, 4) is 17.0 Å². The second kappa shape index (κ2) is 10.1. The maximum absolute atomic E-state index is 12.8. The number of nitrogens with one attached hydrogen (secondary N) is 1. The second-order valence-corrected chi connectivity index (χ2v) is 8.83. The molecule has 0 aliphatic carbocycles. The van der Waals surface area contributed by atoms with Gasteiger partial charge in [0.1, 0.15) is 29.0 Å². The summed E-state index contributed by atoms with van der Waals surface area (Å²) in [4.78, 5) is 23.9. The molecule has 8 heteroatoms. The number of nitrogens with zero attached hydrogens (tertiary/aromatic N) is 4. The van der Waals surface area contributed by atoms with Gasteiger partial charge in [0.05, 0.1) is 6.61 Å². The maximum Gasteiger partial charge on any atom is 0.263 e. The zero-order valence-electron chi connectivity index (χ0n) is 20.0. The fourth-order valence-electron chi connectivity index (χ4n) is 4.48. The monoisotopic (exact) mass is 471 g/mol. The molecule has 2 aromatic carbocycles. The van der Waals surface area contributed by atoms with Crippen molar-refractivity contribution in [2.24, 2.45) is 5.92 Å². The number of hydrogen-bond acceptors (Lipinski definition) is 7. The molecule has 1 fully saturated rings. The third kappa shape index (κ3) is 4.96. The first kappa shape index (κ1) is 22.8. The standard InChI is InChI=1S/C27H29N5O3/c1-3-34-22-10-6-19(7-11-22)16-28-26(33)21-12-14-32(15-13-21)25-23-24(20-8-4-18(2)5-9-20)31-35-27(23)30-17-29-25/h4-11,17,21H,3,12-16H2,1-2H3,(H,28,33). The van der Waals surface area contributed by atoms with Gasteiger partial charge in [-0.2, -0.15) is 4.98 Å². The fourth-order valence-corrected chi connectivity index (χ4v) is 4.48. The van der Waals surface area contributed by atoms with Crippen molar-refractivity contribution in [3.63, 3.8) is 0 Å². The van der Waals surface area contributed by atoms with Crippen molar-refractivity contribution in [1.29, 1.82) is 0 Å². The number of anilines is 1. The number of ether oxygens (including phenoxy) is 1. The summed E-state index contributed by atoms with van der Waals surface area (Å²) in [6.45, 7) is 6.62. The highest BCUT2D eigenvalue weighted by atomic mass is 16.5. The lowest BCUT2D eigenvalue weighted by Crippen LogP contribution is -2.40. The number of carbonyl (C=O) groups is 1. The van der Waals surface area contributed by atoms with Crippen LogP contribution in [-0.2, 0) is 11.3 Å². The van der Waals surface area contributed by atoms with Crippen LogP contribution < -0.4 is 15.0 Å². The molecule has 3 heterocycles. The molecular formula is C27H29N5O3. The first-order chi connectivity index (χ1) is 17.1. The highest BCUT2D eigenvalue weighted by Crippen LogP contribution is 2.34. The molecule has 4 aromatic rings. The minimum Gasteiger partial charge on any atom is -0.494 e. The van der Waals surface area contributed by atoms with E-state index in [4.69, 9.17) is 9.26 Å². The first-order valence-electron chi connectivity index (χ1n) is 12.0. The van der Waals surface area contributed by atoms with Gasteiger partial charge in [-0.3, -0.25) is 4.79 Å². The molecular weight excluding hydrogens is 442 g/mol. The number of rotatable bonds is 7. The molecule has 0 radical (unpaired) electrons. The smallest absolute Gasteiger partial charge is 0.263 e. The van der Waals surface area contributed by atoms with Crippen molar-refractivity contribution >= 4 is 22.8 Å². The maximum atomic E-state index is 12.8. The van der Waals surface area contributed by atoms with Gasteiger partial charge >= 0.3 is 0 Å². The predicted octanol–water partition coefficient (Wildman–Crippen LogP) is 4.52. The van der Waals surface area contributed by atoms with Gasteiger partial charge in [0.2, 0.25) is 5.91 Å². The van der Waals surface area contributed by atoms with E-state index in [1.54, 1.807) is 0 Å². The van der Waals surface area contributed by atoms with Crippen molar-refractivity contribution < 1.29 is 14.1 Å². The van der Waals surface area contributed by atoms with E-state index in [1.807, 2.05) is 43.3 Å². The first-order valence-corrected chi connectivity index (χ1v) is 12.0. The van der Waals surface area contributed by atoms with Crippen molar-refractivity contribution in [2.45, 2.75) is 33.2 Å². The summed E-state index contributed by atoms with van der Waals surface area (Å²) in [6.07, 6.45) is 3.02. The number of amides is 1. The Morgan fingerprint density at radius 1 is 1.09 bits per heavy atom. The van der Waals surface area contributed by atoms with E-state index >= 15 is 0 Å². The highest BCUT2D eigenvalue weighted by Gasteiger charge is 2.28. The lowest BCUT2D eigenvalue weighted by Gasteiger charge is -2.32. The Hall–Kier alpha value is -3.94. The Kier molecular flexibility index (Phi) is 6.61. The largest absolute Gasteiger partial charge is 0.494 e. The van der Waals surface area contributed by atoms with Gasteiger partial charge in [0, 0.05) is 31.1 Å². The summed E-state index contributed by atoms with van der Waals surface area (Å²) in [5, 5.41) is 8.19. The average Bonchev–Trinajstić information content (AvgIpc) is 3.33. The molecule has 1 aliphatic rings. The van der Waals surface area contributed by atoms with Crippen LogP contribution >= 0.6 is 0 Å². The minimum atomic E-state index is -0.0229. The lowest BCUT2D eigenvalue weighted by atomic mass is 9.95. The van der Waals surface area contributed by atoms with Crippen LogP contribution in [0.25, 0.3) is 22.4 Å². The number of aryl methyl sites for hydroxylation is 1. The van der Waals surface area contributed by atoms with E-state index in [-0.39, 0.29) is 11.8 Å². The van der Waals surface area contributed by atoms with E-state index in [0.29, 0.717) is 18.9 Å². The summed E-state index contributed by atoms with van der Waals surface area (Å²) in [6, 6.07) is 16.0. The van der Waals surface area contributed by atoms with Crippen LogP contribution in [-0.4, -0.2) is 40.7 Å². The molecule has 0 bridgehead atoms. The molecule has 0 atom stereocenters. The number of benzene rings is 2. The number of carbonyl (C=O) groups excluding carboxylic acids is 1. The van der Waals surface area contributed by atoms with E-state index in [1.165, 1.54) is 11.9 Å². The van der Waals surface area contributed by atoms with Gasteiger partial charge in [-0.05, 0) is 44.4 Å². The van der Waals surface area contributed by atoms with E-state index < -0.39 is 0 Å². The molecule has 0 unspecified atom stereocenters. The molecule has 1 aliphatic heterocycles. The van der Waals surface area contributed by atoms with Gasteiger partial charge in [-0.25, -0.2) is 4.98 Å². The van der Waals surface area contributed by atoms with Crippen LogP contribution in [0.1, 0.15) is 30.9 Å². The molecule has 1 N–H and O–H groups in total. The van der Waals surface area contributed by atoms with Crippen LogP contribution in [0.5, 0.6) is 5.75 Å². The third-order valence-electron chi connectivity index (χ3n) is 6.44. The van der Waals surface area contributed by atoms with Crippen LogP contribution in [0.3, 0.4) is 0 Å². The van der Waals surface area contributed by atoms with Crippen LogP contribution in [0.15, 0.2) is 59.4 Å². The van der Waals surface area contributed by atoms with Crippen LogP contribution in [0.4, 0.5) is 5.82 Å². The van der Waals surface area contributed by atoms with Gasteiger partial charge in [-0.1, -0.05) is 47.1 Å². The number of hydrogen-bond donors (Lipinski definition) is 1. The zero-order chi connectivity index (χ0) is 24.2. The molecule has 1 amide bonds. The summed E-state index contributed by atoms with van der Waals surface area (Å²) in [5.74, 6) is 1.72. The molecule has 35 heavy (non-hydrogen) atoms. The Bertz CT molecular complexity index is 1290. The highest BCUT2D eigenvalue weighted by molar-refractivity contribution is 5.98. The molecule has 2 aromatic heterocycles. The van der Waals surface area contributed by atoms with Crippen LogP contribution in [0.2, 0.25) is 0 Å². The Labute approximate surface area is 204 Å². The fraction of sp³-hybridized carbons (Fsp3) is 0.333. The number of aromatic nitrogens is 3. The quantitative estimate of drug-likeness (QED) is 0.423. The minimum absolute atomic E-state index is 0.0229. The van der Waals surface area contributed by atoms with E-state index in [0.717, 1.165) is 59.7 Å². The van der Waals surface area contributed by atoms with Crippen molar-refractivity contribution in [3.05, 3.63) is 66.0 Å². The summed E-state index contributed by atoms with van der Waals surface area (Å²) < 4.78 is 11.0. The topological polar surface area (TPSA) is 93.4 Å². The molecule has 180 valence electrons. The van der Waals surface area contributed by atoms with Crippen molar-refractivity contribution in [1.82, 2.24) is 20.4 Å². The molecule has 1 saturated heterocycles. The van der Waals surface area contributed by atoms with Gasteiger partial charge in [-0.15, -0.1) is 0 Å². The molecule has 0 saturated carbocycles. The zero-order valence-corrected chi connectivity index (χ0v) is 20.0. The van der Waals surface area contributed by atoms with Crippen LogP contribution in [0, 0.1) is 12.8 Å². The van der Waals surface area contributed by atoms with Gasteiger partial charge < -0.3 is 19.5 Å². The SMILES string of the molecule is CCOc1ccc(CNC(=O)C2CCN(c3ncnc4onc(-c5ccc(C)cc5)c34)CC2)cc1. The van der Waals surface area contributed by atoms with Gasteiger partial charge in [0.25, 0.3) is 5.71 Å². The Morgan fingerprint density at radius 2 is 1.83 bits per heavy atom. The summed E-state index contributed by atoms with van der Waals surface area (Å²) >= 11 is 0. The number of fused-ring (bicyclic) bond motifs is 1. The Balaban J connectivity index is 1.24. The average molecular weight is 472 g/mol. The predicted molar refractivity (Wildman–Crippen MR) is 134 cm³/mol. The van der Waals surface area contributed by atoms with E-state index in [9.17, 15) is 4.79 Å². The Morgan fingerprint density at radius 3 is 2.54 bits per heavy atom. The lowest BCUT2D eigenvalue weighted by molar-refractivity contribution is -0.125. The third-order valence-corrected chi connectivity index (χ3v) is 6.44. The molecule has 8 nitrogen and oxygen atoms in total. The summed E-state index contributed by atoms with van der Waals surface area (Å²) in [7, 11) is 0. The number of piperidine rings is 1. The second-order valence-electron chi connectivity index (χ2n) is 8.83. The molecule has 0 spiro atoms.